The van der Waals surface area contributed by atoms with Crippen molar-refractivity contribution in [3.05, 3.63) is 56.8 Å². The van der Waals surface area contributed by atoms with E-state index in [-0.39, 0.29) is 6.10 Å². The van der Waals surface area contributed by atoms with Gasteiger partial charge < -0.3 is 5.11 Å². The molecule has 0 saturated heterocycles. The largest absolute Gasteiger partial charge is 0.388 e. The van der Waals surface area contributed by atoms with Crippen LogP contribution in [0.15, 0.2) is 29.6 Å². The first-order valence-electron chi connectivity index (χ1n) is 5.86. The lowest BCUT2D eigenvalue weighted by Gasteiger charge is -2.12. The quantitative estimate of drug-likeness (QED) is 0.869. The molecular weight excluding hydrogens is 228 g/mol. The third kappa shape index (κ3) is 2.76. The third-order valence-corrected chi connectivity index (χ3v) is 4.12. The van der Waals surface area contributed by atoms with Gasteiger partial charge in [0.05, 0.1) is 6.10 Å². The van der Waals surface area contributed by atoms with Gasteiger partial charge in [-0.1, -0.05) is 18.2 Å². The van der Waals surface area contributed by atoms with Crippen molar-refractivity contribution in [2.75, 3.05) is 0 Å². The summed E-state index contributed by atoms with van der Waals surface area (Å²) in [6.45, 7) is 6.28. The van der Waals surface area contributed by atoms with Gasteiger partial charge in [0.15, 0.2) is 0 Å². The second kappa shape index (κ2) is 5.03. The Morgan fingerprint density at radius 3 is 2.47 bits per heavy atom. The van der Waals surface area contributed by atoms with Crippen molar-refractivity contribution in [1.29, 1.82) is 0 Å². The molecule has 0 fully saturated rings. The highest BCUT2D eigenvalue weighted by molar-refractivity contribution is 7.10. The van der Waals surface area contributed by atoms with Crippen molar-refractivity contribution < 1.29 is 5.11 Å². The fraction of sp³-hybridized carbons (Fsp3) is 0.333. The monoisotopic (exact) mass is 246 g/mol. The van der Waals surface area contributed by atoms with Gasteiger partial charge in [-0.3, -0.25) is 0 Å². The highest BCUT2D eigenvalue weighted by Crippen LogP contribution is 2.25. The van der Waals surface area contributed by atoms with E-state index in [4.69, 9.17) is 0 Å². The highest BCUT2D eigenvalue weighted by atomic mass is 32.1. The Bertz CT molecular complexity index is 513. The number of hydrogen-bond acceptors (Lipinski definition) is 2. The molecule has 1 N–H and O–H groups in total. The first-order valence-corrected chi connectivity index (χ1v) is 6.74. The van der Waals surface area contributed by atoms with E-state index >= 15 is 0 Å². The van der Waals surface area contributed by atoms with Crippen LogP contribution in [0.2, 0.25) is 0 Å². The molecule has 1 aromatic carbocycles. The normalized spacial score (nSPS) is 12.7. The average molecular weight is 246 g/mol. The highest BCUT2D eigenvalue weighted by Gasteiger charge is 2.12. The number of hydrogen-bond donors (Lipinski definition) is 1. The van der Waals surface area contributed by atoms with Crippen LogP contribution < -0.4 is 0 Å². The van der Waals surface area contributed by atoms with Gasteiger partial charge in [0.25, 0.3) is 0 Å². The second-order valence-corrected chi connectivity index (χ2v) is 5.69. The topological polar surface area (TPSA) is 20.2 Å². The molecule has 17 heavy (non-hydrogen) atoms. The zero-order valence-corrected chi connectivity index (χ0v) is 11.3. The number of rotatable bonds is 3. The van der Waals surface area contributed by atoms with Crippen LogP contribution in [0.5, 0.6) is 0 Å². The molecule has 90 valence electrons. The molecule has 0 amide bonds. The van der Waals surface area contributed by atoms with E-state index in [1.807, 2.05) is 11.4 Å². The van der Waals surface area contributed by atoms with Gasteiger partial charge in [0.2, 0.25) is 0 Å². The molecule has 0 aliphatic rings. The maximum Gasteiger partial charge on any atom is 0.0840 e. The predicted octanol–water partition coefficient (Wildman–Crippen LogP) is 3.95. The van der Waals surface area contributed by atoms with Gasteiger partial charge in [-0.2, -0.15) is 0 Å². The standard InChI is InChI=1S/C15H18OS/c1-10-4-5-13(8-11(10)2)9-15(16)14-6-7-17-12(14)3/h4-8,15-16H,9H2,1-3H3. The number of aliphatic hydroxyl groups excluding tert-OH is 1. The summed E-state index contributed by atoms with van der Waals surface area (Å²) in [5, 5.41) is 12.2. The Labute approximate surface area is 107 Å². The first kappa shape index (κ1) is 12.3. The molecule has 1 nitrogen and oxygen atoms in total. The van der Waals surface area contributed by atoms with Crippen LogP contribution >= 0.6 is 11.3 Å². The molecule has 2 rings (SSSR count). The number of aryl methyl sites for hydroxylation is 3. The van der Waals surface area contributed by atoms with Crippen LogP contribution in [0.25, 0.3) is 0 Å². The maximum atomic E-state index is 10.2. The van der Waals surface area contributed by atoms with E-state index in [0.29, 0.717) is 6.42 Å². The Morgan fingerprint density at radius 1 is 1.12 bits per heavy atom. The SMILES string of the molecule is Cc1ccc(CC(O)c2ccsc2C)cc1C. The first-order chi connectivity index (χ1) is 8.08. The summed E-state index contributed by atoms with van der Waals surface area (Å²) >= 11 is 1.69. The van der Waals surface area contributed by atoms with E-state index in [1.165, 1.54) is 21.6 Å². The molecule has 0 saturated carbocycles. The summed E-state index contributed by atoms with van der Waals surface area (Å²) in [4.78, 5) is 1.21. The van der Waals surface area contributed by atoms with Gasteiger partial charge in [0, 0.05) is 11.3 Å². The van der Waals surface area contributed by atoms with Crippen molar-refractivity contribution in [3.63, 3.8) is 0 Å². The van der Waals surface area contributed by atoms with Crippen LogP contribution in [0, 0.1) is 20.8 Å². The van der Waals surface area contributed by atoms with E-state index < -0.39 is 0 Å². The smallest absolute Gasteiger partial charge is 0.0840 e. The maximum absolute atomic E-state index is 10.2. The van der Waals surface area contributed by atoms with Crippen molar-refractivity contribution in [2.45, 2.75) is 33.3 Å². The van der Waals surface area contributed by atoms with E-state index in [9.17, 15) is 5.11 Å². The fourth-order valence-electron chi connectivity index (χ4n) is 2.00. The number of thiophene rings is 1. The van der Waals surface area contributed by atoms with Gasteiger partial charge in [-0.05, 0) is 54.5 Å². The summed E-state index contributed by atoms with van der Waals surface area (Å²) in [5.41, 5.74) is 4.85. The third-order valence-electron chi connectivity index (χ3n) is 3.26. The molecule has 0 bridgehead atoms. The molecule has 2 heteroatoms. The lowest BCUT2D eigenvalue weighted by molar-refractivity contribution is 0.178. The second-order valence-electron chi connectivity index (χ2n) is 4.57. The summed E-state index contributed by atoms with van der Waals surface area (Å²) < 4.78 is 0. The van der Waals surface area contributed by atoms with Gasteiger partial charge in [-0.25, -0.2) is 0 Å². The minimum absolute atomic E-state index is 0.386. The fourth-order valence-corrected chi connectivity index (χ4v) is 2.76. The molecule has 1 atom stereocenters. The lowest BCUT2D eigenvalue weighted by Crippen LogP contribution is -2.02. The summed E-state index contributed by atoms with van der Waals surface area (Å²) in [6.07, 6.45) is 0.307. The zero-order chi connectivity index (χ0) is 12.4. The molecule has 1 unspecified atom stereocenters. The average Bonchev–Trinajstić information content (AvgIpc) is 2.70. The molecule has 2 aromatic rings. The van der Waals surface area contributed by atoms with E-state index in [1.54, 1.807) is 11.3 Å². The van der Waals surface area contributed by atoms with Gasteiger partial charge in [0.1, 0.15) is 0 Å². The van der Waals surface area contributed by atoms with Crippen molar-refractivity contribution >= 4 is 11.3 Å². The minimum Gasteiger partial charge on any atom is -0.388 e. The molecule has 0 spiro atoms. The van der Waals surface area contributed by atoms with Crippen LogP contribution in [-0.2, 0) is 6.42 Å². The summed E-state index contributed by atoms with van der Waals surface area (Å²) in [5.74, 6) is 0. The Kier molecular flexibility index (Phi) is 3.65. The van der Waals surface area contributed by atoms with Crippen LogP contribution in [-0.4, -0.2) is 5.11 Å². The Balaban J connectivity index is 2.16. The summed E-state index contributed by atoms with van der Waals surface area (Å²) in [6, 6.07) is 8.41. The molecule has 1 heterocycles. The van der Waals surface area contributed by atoms with Crippen LogP contribution in [0.1, 0.15) is 33.2 Å². The molecule has 0 aliphatic carbocycles. The lowest BCUT2D eigenvalue weighted by atomic mass is 9.99. The van der Waals surface area contributed by atoms with Crippen molar-refractivity contribution in [3.8, 4) is 0 Å². The van der Waals surface area contributed by atoms with Crippen molar-refractivity contribution in [1.82, 2.24) is 0 Å². The predicted molar refractivity (Wildman–Crippen MR) is 73.6 cm³/mol. The van der Waals surface area contributed by atoms with Crippen molar-refractivity contribution in [2.24, 2.45) is 0 Å². The molecular formula is C15H18OS. The minimum atomic E-state index is -0.386. The number of benzene rings is 1. The Morgan fingerprint density at radius 2 is 1.88 bits per heavy atom. The molecule has 1 aromatic heterocycles. The summed E-state index contributed by atoms with van der Waals surface area (Å²) in [7, 11) is 0. The number of aliphatic hydroxyl groups is 1. The van der Waals surface area contributed by atoms with Crippen LogP contribution in [0.3, 0.4) is 0 Å². The van der Waals surface area contributed by atoms with Gasteiger partial charge >= 0.3 is 0 Å². The zero-order valence-electron chi connectivity index (χ0n) is 10.5. The molecule has 0 aliphatic heterocycles. The van der Waals surface area contributed by atoms with Gasteiger partial charge in [-0.15, -0.1) is 11.3 Å². The van der Waals surface area contributed by atoms with E-state index in [0.717, 1.165) is 5.56 Å². The van der Waals surface area contributed by atoms with E-state index in [2.05, 4.69) is 39.0 Å². The molecule has 0 radical (unpaired) electrons. The Hall–Kier alpha value is -1.12. The van der Waals surface area contributed by atoms with Crippen LogP contribution in [0.4, 0.5) is 0 Å².